The molecule has 3 rings (SSSR count). The van der Waals surface area contributed by atoms with E-state index >= 15 is 0 Å². The summed E-state index contributed by atoms with van der Waals surface area (Å²) in [7, 11) is 0. The van der Waals surface area contributed by atoms with E-state index in [0.29, 0.717) is 6.54 Å². The van der Waals surface area contributed by atoms with Crippen LogP contribution in [0.3, 0.4) is 0 Å². The van der Waals surface area contributed by atoms with Gasteiger partial charge in [-0.15, -0.1) is 0 Å². The molecule has 2 N–H and O–H groups in total. The lowest BCUT2D eigenvalue weighted by Gasteiger charge is -2.34. The Morgan fingerprint density at radius 2 is 1.89 bits per heavy atom. The highest BCUT2D eigenvalue weighted by Gasteiger charge is 2.31. The van der Waals surface area contributed by atoms with Crippen LogP contribution in [-0.4, -0.2) is 42.0 Å². The third kappa shape index (κ3) is 2.49. The van der Waals surface area contributed by atoms with Crippen molar-refractivity contribution in [3.05, 3.63) is 29.6 Å². The molecule has 0 radical (unpaired) electrons. The van der Waals surface area contributed by atoms with E-state index in [1.54, 1.807) is 6.07 Å². The third-order valence-electron chi connectivity index (χ3n) is 3.97. The molecule has 1 heterocycles. The summed E-state index contributed by atoms with van der Waals surface area (Å²) in [6, 6.07) is 6.12. The van der Waals surface area contributed by atoms with Gasteiger partial charge in [-0.25, -0.2) is 4.39 Å². The van der Waals surface area contributed by atoms with E-state index in [1.807, 2.05) is 12.1 Å². The van der Waals surface area contributed by atoms with Crippen LogP contribution in [0.5, 0.6) is 0 Å². The van der Waals surface area contributed by atoms with Gasteiger partial charge in [0.15, 0.2) is 5.82 Å². The van der Waals surface area contributed by atoms with Crippen LogP contribution in [0.25, 0.3) is 0 Å². The van der Waals surface area contributed by atoms with E-state index < -0.39 is 0 Å². The van der Waals surface area contributed by atoms with Crippen molar-refractivity contribution in [3.63, 3.8) is 0 Å². The van der Waals surface area contributed by atoms with E-state index in [1.165, 1.54) is 12.8 Å². The normalized spacial score (nSPS) is 22.3. The summed E-state index contributed by atoms with van der Waals surface area (Å²) in [4.78, 5) is 4.88. The second-order valence-electron chi connectivity index (χ2n) is 5.36. The van der Waals surface area contributed by atoms with Crippen LogP contribution in [0.1, 0.15) is 18.4 Å². The number of piperazine rings is 1. The Labute approximate surface area is 107 Å². The van der Waals surface area contributed by atoms with E-state index in [-0.39, 0.29) is 11.5 Å². The van der Waals surface area contributed by atoms with Crippen molar-refractivity contribution in [2.24, 2.45) is 0 Å². The summed E-state index contributed by atoms with van der Waals surface area (Å²) in [5.41, 5.74) is 6.57. The van der Waals surface area contributed by atoms with Gasteiger partial charge in [0.1, 0.15) is 0 Å². The topological polar surface area (TPSA) is 32.5 Å². The molecule has 1 aromatic carbocycles. The Kier molecular flexibility index (Phi) is 3.22. The van der Waals surface area contributed by atoms with Crippen LogP contribution in [0, 0.1) is 5.82 Å². The molecule has 1 aromatic rings. The standard InChI is InChI=1S/C14H20FN3/c15-14-11(2-1-3-13(14)16)10-17-6-8-18(9-7-17)12-4-5-12/h1-3,12H,4-10,16H2. The smallest absolute Gasteiger partial charge is 0.150 e. The van der Waals surface area contributed by atoms with E-state index in [9.17, 15) is 4.39 Å². The van der Waals surface area contributed by atoms with Crippen molar-refractivity contribution in [1.29, 1.82) is 0 Å². The minimum atomic E-state index is -0.248. The van der Waals surface area contributed by atoms with Gasteiger partial charge < -0.3 is 5.73 Å². The number of rotatable bonds is 3. The van der Waals surface area contributed by atoms with Crippen LogP contribution in [0.15, 0.2) is 18.2 Å². The van der Waals surface area contributed by atoms with Crippen LogP contribution in [0.4, 0.5) is 10.1 Å². The number of benzene rings is 1. The zero-order valence-electron chi connectivity index (χ0n) is 10.6. The zero-order chi connectivity index (χ0) is 12.5. The maximum absolute atomic E-state index is 13.8. The number of hydrogen-bond acceptors (Lipinski definition) is 3. The van der Waals surface area contributed by atoms with Gasteiger partial charge in [0.2, 0.25) is 0 Å². The van der Waals surface area contributed by atoms with Crippen molar-refractivity contribution in [1.82, 2.24) is 9.80 Å². The zero-order valence-corrected chi connectivity index (χ0v) is 10.6. The van der Waals surface area contributed by atoms with Gasteiger partial charge in [-0.1, -0.05) is 12.1 Å². The molecule has 3 nitrogen and oxygen atoms in total. The summed E-state index contributed by atoms with van der Waals surface area (Å²) in [6.07, 6.45) is 2.73. The predicted octanol–water partition coefficient (Wildman–Crippen LogP) is 1.69. The summed E-state index contributed by atoms with van der Waals surface area (Å²) < 4.78 is 13.8. The molecule has 1 aliphatic heterocycles. The molecule has 0 spiro atoms. The second kappa shape index (κ2) is 4.86. The van der Waals surface area contributed by atoms with E-state index in [0.717, 1.165) is 37.8 Å². The fourth-order valence-corrected chi connectivity index (χ4v) is 2.69. The highest BCUT2D eigenvalue weighted by molar-refractivity contribution is 5.42. The molecule has 0 bridgehead atoms. The third-order valence-corrected chi connectivity index (χ3v) is 3.97. The Morgan fingerprint density at radius 1 is 1.17 bits per heavy atom. The molecule has 0 aromatic heterocycles. The summed E-state index contributed by atoms with van der Waals surface area (Å²) >= 11 is 0. The van der Waals surface area contributed by atoms with Gasteiger partial charge >= 0.3 is 0 Å². The Morgan fingerprint density at radius 3 is 2.56 bits per heavy atom. The highest BCUT2D eigenvalue weighted by Crippen LogP contribution is 2.27. The SMILES string of the molecule is Nc1cccc(CN2CCN(C3CC3)CC2)c1F. The number of hydrogen-bond donors (Lipinski definition) is 1. The lowest BCUT2D eigenvalue weighted by molar-refractivity contribution is 0.120. The lowest BCUT2D eigenvalue weighted by atomic mass is 10.1. The number of halogens is 1. The van der Waals surface area contributed by atoms with Crippen LogP contribution in [-0.2, 0) is 6.54 Å². The first-order valence-corrected chi connectivity index (χ1v) is 6.73. The molecule has 1 aliphatic carbocycles. The number of nitrogens with zero attached hydrogens (tertiary/aromatic N) is 2. The first-order valence-electron chi connectivity index (χ1n) is 6.73. The fourth-order valence-electron chi connectivity index (χ4n) is 2.69. The van der Waals surface area contributed by atoms with Gasteiger partial charge in [-0.2, -0.15) is 0 Å². The molecule has 2 fully saturated rings. The average molecular weight is 249 g/mol. The molecular formula is C14H20FN3. The first kappa shape index (κ1) is 11.9. The van der Waals surface area contributed by atoms with Gasteiger partial charge in [0.05, 0.1) is 5.69 Å². The van der Waals surface area contributed by atoms with E-state index in [2.05, 4.69) is 9.80 Å². The molecule has 0 amide bonds. The van der Waals surface area contributed by atoms with Crippen LogP contribution >= 0.6 is 0 Å². The van der Waals surface area contributed by atoms with Crippen molar-refractivity contribution in [3.8, 4) is 0 Å². The largest absolute Gasteiger partial charge is 0.396 e. The monoisotopic (exact) mass is 249 g/mol. The number of anilines is 1. The van der Waals surface area contributed by atoms with Crippen LogP contribution < -0.4 is 5.73 Å². The molecule has 1 saturated carbocycles. The van der Waals surface area contributed by atoms with Crippen molar-refractivity contribution in [2.75, 3.05) is 31.9 Å². The highest BCUT2D eigenvalue weighted by atomic mass is 19.1. The molecule has 0 unspecified atom stereocenters. The molecule has 4 heteroatoms. The molecular weight excluding hydrogens is 229 g/mol. The van der Waals surface area contributed by atoms with Crippen molar-refractivity contribution < 1.29 is 4.39 Å². The summed E-state index contributed by atoms with van der Waals surface area (Å²) in [5.74, 6) is -0.248. The Hall–Kier alpha value is -1.13. The van der Waals surface area contributed by atoms with Gasteiger partial charge in [0, 0.05) is 44.3 Å². The summed E-state index contributed by atoms with van der Waals surface area (Å²) in [6.45, 7) is 4.98. The quantitative estimate of drug-likeness (QED) is 0.827. The van der Waals surface area contributed by atoms with E-state index in [4.69, 9.17) is 5.73 Å². The van der Waals surface area contributed by atoms with Gasteiger partial charge in [0.25, 0.3) is 0 Å². The maximum atomic E-state index is 13.8. The minimum absolute atomic E-state index is 0.248. The number of nitrogen functional groups attached to an aromatic ring is 1. The van der Waals surface area contributed by atoms with Gasteiger partial charge in [-0.3, -0.25) is 9.80 Å². The molecule has 18 heavy (non-hydrogen) atoms. The molecule has 1 saturated heterocycles. The Bertz CT molecular complexity index is 423. The van der Waals surface area contributed by atoms with Gasteiger partial charge in [-0.05, 0) is 18.9 Å². The number of nitrogens with two attached hydrogens (primary N) is 1. The predicted molar refractivity (Wildman–Crippen MR) is 70.7 cm³/mol. The second-order valence-corrected chi connectivity index (χ2v) is 5.36. The molecule has 98 valence electrons. The van der Waals surface area contributed by atoms with Crippen LogP contribution in [0.2, 0.25) is 0 Å². The lowest BCUT2D eigenvalue weighted by Crippen LogP contribution is -2.46. The van der Waals surface area contributed by atoms with Crippen molar-refractivity contribution >= 4 is 5.69 Å². The molecule has 2 aliphatic rings. The van der Waals surface area contributed by atoms with Crippen molar-refractivity contribution in [2.45, 2.75) is 25.4 Å². The Balaban J connectivity index is 1.58. The first-order chi connectivity index (χ1) is 8.74. The maximum Gasteiger partial charge on any atom is 0.150 e. The fraction of sp³-hybridized carbons (Fsp3) is 0.571. The summed E-state index contributed by atoms with van der Waals surface area (Å²) in [5, 5.41) is 0. The molecule has 0 atom stereocenters. The average Bonchev–Trinajstić information content (AvgIpc) is 3.20. The minimum Gasteiger partial charge on any atom is -0.396 e.